The van der Waals surface area contributed by atoms with E-state index in [4.69, 9.17) is 14.5 Å². The molecule has 1 unspecified atom stereocenters. The van der Waals surface area contributed by atoms with Gasteiger partial charge in [-0.15, -0.1) is 0 Å². The maximum absolute atomic E-state index is 17.5. The SMILES string of the molecule is CCc1c(F)ccc2cc(OC(=O)n3ccc(C)n3)cc(-c3ncc4c(N5CCN(C(=O)n6ccc(C)n6)C(CF)C5)nc(OC[C@@]56CCCN5C[C@H](F)C6)nc4c3F)c12. The summed E-state index contributed by atoms with van der Waals surface area (Å²) in [6, 6.07) is 7.56. The van der Waals surface area contributed by atoms with Crippen LogP contribution < -0.4 is 14.4 Å². The van der Waals surface area contributed by atoms with E-state index in [1.165, 1.54) is 46.4 Å². The molecule has 9 rings (SSSR count). The summed E-state index contributed by atoms with van der Waals surface area (Å²) >= 11 is 0. The number of carbonyl (C=O) groups is 2. The third-order valence-electron chi connectivity index (χ3n) is 11.9. The zero-order chi connectivity index (χ0) is 41.9. The van der Waals surface area contributed by atoms with Crippen molar-refractivity contribution in [3.05, 3.63) is 83.6 Å². The molecule has 3 aliphatic rings. The number of carbonyl (C=O) groups excluding carboxylic acids is 2. The largest absolute Gasteiger partial charge is 0.461 e. The van der Waals surface area contributed by atoms with Gasteiger partial charge >= 0.3 is 18.1 Å². The number of nitrogens with zero attached hydrogens (tertiary/aromatic N) is 10. The van der Waals surface area contributed by atoms with Crippen LogP contribution in [-0.4, -0.2) is 120 Å². The van der Waals surface area contributed by atoms with Crippen LogP contribution in [0, 0.1) is 25.5 Å². The Bertz CT molecular complexity index is 2650. The molecule has 18 heteroatoms. The Kier molecular flexibility index (Phi) is 10.1. The first-order valence-electron chi connectivity index (χ1n) is 20.0. The Hall–Kier alpha value is -6.17. The Balaban J connectivity index is 1.15. The minimum absolute atomic E-state index is 0.00831. The number of ether oxygens (including phenoxy) is 2. The third-order valence-corrected chi connectivity index (χ3v) is 11.9. The summed E-state index contributed by atoms with van der Waals surface area (Å²) in [6.45, 7) is 5.73. The Morgan fingerprint density at radius 2 is 1.75 bits per heavy atom. The summed E-state index contributed by atoms with van der Waals surface area (Å²) in [5, 5.41) is 9.33. The van der Waals surface area contributed by atoms with Crippen molar-refractivity contribution in [3.63, 3.8) is 0 Å². The van der Waals surface area contributed by atoms with Crippen molar-refractivity contribution >= 4 is 39.6 Å². The maximum Gasteiger partial charge on any atom is 0.440 e. The quantitative estimate of drug-likeness (QED) is 0.150. The number of fused-ring (bicyclic) bond motifs is 3. The molecule has 3 atom stereocenters. The molecule has 0 spiro atoms. The van der Waals surface area contributed by atoms with E-state index in [9.17, 15) is 18.4 Å². The third kappa shape index (κ3) is 6.95. The lowest BCUT2D eigenvalue weighted by atomic mass is 9.94. The molecule has 6 aromatic rings. The first kappa shape index (κ1) is 39.3. The normalized spacial score (nSPS) is 20.6. The standard InChI is InChI=1S/C42H42F4N10O4/c1-4-30-33(45)7-6-26-16-29(60-41(58)56-13-9-25(3)51-56)17-31(34(26)30)36-35(46)37-32(20-47-36)38(49-39(48-37)59-23-42-10-5-11-53(42)21-27(44)18-42)52-14-15-54(28(19-43)22-52)40(57)55-12-8-24(2)50-55/h6-9,12-13,16-17,20,27-28H,4-5,10-11,14-15,18-19,21-23H2,1-3H3/t27-,28?,42+/m1/s1. The zero-order valence-corrected chi connectivity index (χ0v) is 33.2. The summed E-state index contributed by atoms with van der Waals surface area (Å²) < 4.78 is 76.6. The molecule has 0 aliphatic carbocycles. The second-order valence-corrected chi connectivity index (χ2v) is 15.7. The topological polar surface area (TPSA) is 137 Å². The summed E-state index contributed by atoms with van der Waals surface area (Å²) in [6.07, 6.45) is 4.66. The summed E-state index contributed by atoms with van der Waals surface area (Å²) in [5.41, 5.74) is 0.709. The molecule has 7 heterocycles. The molecule has 0 bridgehead atoms. The predicted molar refractivity (Wildman–Crippen MR) is 213 cm³/mol. The first-order valence-corrected chi connectivity index (χ1v) is 20.0. The van der Waals surface area contributed by atoms with E-state index in [-0.39, 0.29) is 78.8 Å². The van der Waals surface area contributed by atoms with Crippen molar-refractivity contribution in [2.24, 2.45) is 0 Å². The van der Waals surface area contributed by atoms with Gasteiger partial charge in [-0.1, -0.05) is 13.0 Å². The maximum atomic E-state index is 17.5. The number of hydrogen-bond acceptors (Lipinski definition) is 11. The lowest BCUT2D eigenvalue weighted by Gasteiger charge is -2.40. The van der Waals surface area contributed by atoms with Gasteiger partial charge < -0.3 is 19.3 Å². The minimum atomic E-state index is -1.01. The highest BCUT2D eigenvalue weighted by molar-refractivity contribution is 6.02. The number of amides is 1. The van der Waals surface area contributed by atoms with Crippen molar-refractivity contribution in [2.75, 3.05) is 50.9 Å². The van der Waals surface area contributed by atoms with E-state index >= 15 is 8.78 Å². The van der Waals surface area contributed by atoms with Crippen molar-refractivity contribution in [1.29, 1.82) is 0 Å². The van der Waals surface area contributed by atoms with E-state index in [0.717, 1.165) is 17.6 Å². The Morgan fingerprint density at radius 1 is 0.967 bits per heavy atom. The fraction of sp³-hybridized carbons (Fsp3) is 0.405. The van der Waals surface area contributed by atoms with Crippen LogP contribution in [-0.2, 0) is 6.42 Å². The van der Waals surface area contributed by atoms with E-state index in [0.29, 0.717) is 40.7 Å². The second-order valence-electron chi connectivity index (χ2n) is 15.7. The van der Waals surface area contributed by atoms with Gasteiger partial charge in [-0.25, -0.2) is 27.2 Å². The molecule has 312 valence electrons. The van der Waals surface area contributed by atoms with Crippen molar-refractivity contribution in [1.82, 2.24) is 44.3 Å². The number of halogens is 4. The molecule has 3 aliphatic heterocycles. The highest BCUT2D eigenvalue weighted by Crippen LogP contribution is 2.42. The van der Waals surface area contributed by atoms with Crippen LogP contribution in [0.5, 0.6) is 11.8 Å². The van der Waals surface area contributed by atoms with Crippen LogP contribution in [0.25, 0.3) is 32.9 Å². The smallest absolute Gasteiger partial charge is 0.440 e. The fourth-order valence-electron chi connectivity index (χ4n) is 8.99. The van der Waals surface area contributed by atoms with Crippen molar-refractivity contribution in [2.45, 2.75) is 64.2 Å². The van der Waals surface area contributed by atoms with Gasteiger partial charge in [0.1, 0.15) is 48.0 Å². The number of benzene rings is 2. The predicted octanol–water partition coefficient (Wildman–Crippen LogP) is 6.83. The molecule has 0 radical (unpaired) electrons. The van der Waals surface area contributed by atoms with Gasteiger partial charge in [0.2, 0.25) is 0 Å². The fourth-order valence-corrected chi connectivity index (χ4v) is 8.99. The van der Waals surface area contributed by atoms with Crippen LogP contribution in [0.4, 0.5) is 33.0 Å². The number of rotatable bonds is 8. The average Bonchev–Trinajstić information content (AvgIpc) is 4.04. The highest BCUT2D eigenvalue weighted by Gasteiger charge is 2.49. The lowest BCUT2D eigenvalue weighted by Crippen LogP contribution is -2.57. The zero-order valence-electron chi connectivity index (χ0n) is 33.2. The van der Waals surface area contributed by atoms with Crippen molar-refractivity contribution < 1.29 is 36.6 Å². The van der Waals surface area contributed by atoms with E-state index < -0.39 is 48.2 Å². The molecule has 60 heavy (non-hydrogen) atoms. The van der Waals surface area contributed by atoms with Gasteiger partial charge in [0, 0.05) is 56.8 Å². The molecule has 2 aromatic carbocycles. The molecule has 0 N–H and O–H groups in total. The number of alkyl halides is 2. The van der Waals surface area contributed by atoms with Gasteiger partial charge in [-0.2, -0.15) is 29.5 Å². The minimum Gasteiger partial charge on any atom is -0.461 e. The monoisotopic (exact) mass is 826 g/mol. The lowest BCUT2D eigenvalue weighted by molar-refractivity contribution is 0.107. The van der Waals surface area contributed by atoms with Crippen molar-refractivity contribution in [3.8, 4) is 23.0 Å². The molecular formula is C42H42F4N10O4. The van der Waals surface area contributed by atoms with Gasteiger partial charge in [-0.3, -0.25) is 9.88 Å². The number of aryl methyl sites for hydroxylation is 3. The van der Waals surface area contributed by atoms with E-state index in [2.05, 4.69) is 25.1 Å². The van der Waals surface area contributed by atoms with Crippen LogP contribution in [0.1, 0.15) is 43.1 Å². The molecule has 0 saturated carbocycles. The Labute approximate surface area is 341 Å². The summed E-state index contributed by atoms with van der Waals surface area (Å²) in [5.74, 6) is -1.16. The van der Waals surface area contributed by atoms with E-state index in [1.807, 2.05) is 0 Å². The molecule has 3 saturated heterocycles. The first-order chi connectivity index (χ1) is 28.9. The number of piperazine rings is 1. The Morgan fingerprint density at radius 3 is 2.48 bits per heavy atom. The van der Waals surface area contributed by atoms with Gasteiger partial charge in [-0.05, 0) is 86.3 Å². The number of hydrogen-bond donors (Lipinski definition) is 0. The molecule has 4 aromatic heterocycles. The van der Waals surface area contributed by atoms with Gasteiger partial charge in [0.05, 0.1) is 28.4 Å². The summed E-state index contributed by atoms with van der Waals surface area (Å²) in [4.78, 5) is 45.6. The second kappa shape index (κ2) is 15.5. The average molecular weight is 827 g/mol. The number of aromatic nitrogens is 7. The molecule has 14 nitrogen and oxygen atoms in total. The molecule has 1 amide bonds. The van der Waals surface area contributed by atoms with E-state index in [1.54, 1.807) is 43.9 Å². The highest BCUT2D eigenvalue weighted by atomic mass is 19.1. The van der Waals surface area contributed by atoms with Gasteiger partial charge in [0.15, 0.2) is 5.82 Å². The number of pyridine rings is 1. The molecule has 3 fully saturated rings. The molecular weight excluding hydrogens is 785 g/mol. The van der Waals surface area contributed by atoms with Crippen LogP contribution in [0.2, 0.25) is 0 Å². The van der Waals surface area contributed by atoms with Gasteiger partial charge in [0.25, 0.3) is 0 Å². The van der Waals surface area contributed by atoms with Crippen LogP contribution in [0.15, 0.2) is 55.0 Å². The van der Waals surface area contributed by atoms with Crippen LogP contribution in [0.3, 0.4) is 0 Å². The van der Waals surface area contributed by atoms with Crippen LogP contribution >= 0.6 is 0 Å². The summed E-state index contributed by atoms with van der Waals surface area (Å²) in [7, 11) is 0. The number of anilines is 1.